The van der Waals surface area contributed by atoms with Crippen LogP contribution in [0.5, 0.6) is 0 Å². The van der Waals surface area contributed by atoms with Crippen molar-refractivity contribution in [2.45, 2.75) is 52.0 Å². The van der Waals surface area contributed by atoms with Crippen LogP contribution in [-0.4, -0.2) is 47.0 Å². The van der Waals surface area contributed by atoms with Gasteiger partial charge in [0.25, 0.3) is 0 Å². The number of carbonyl (C=O) groups is 3. The maximum absolute atomic E-state index is 12.2. The molecule has 4 N–H and O–H groups in total. The number of aliphatic carboxylic acids is 1. The normalized spacial score (nSPS) is 18.3. The third kappa shape index (κ3) is 4.61. The zero-order valence-electron chi connectivity index (χ0n) is 12.7. The molecular formula is C14H25N3O4. The van der Waals surface area contributed by atoms with Crippen LogP contribution in [0.15, 0.2) is 0 Å². The Morgan fingerprint density at radius 2 is 1.95 bits per heavy atom. The molecule has 0 aromatic carbocycles. The van der Waals surface area contributed by atoms with Gasteiger partial charge in [-0.05, 0) is 31.1 Å². The molecule has 7 heteroatoms. The molecule has 1 unspecified atom stereocenters. The number of hydrogen-bond acceptors (Lipinski definition) is 3. The Labute approximate surface area is 124 Å². The van der Waals surface area contributed by atoms with Crippen LogP contribution >= 0.6 is 0 Å². The predicted molar refractivity (Wildman–Crippen MR) is 77.6 cm³/mol. The fourth-order valence-electron chi connectivity index (χ4n) is 2.72. The van der Waals surface area contributed by atoms with Gasteiger partial charge in [0.05, 0.1) is 0 Å². The largest absolute Gasteiger partial charge is 0.480 e. The summed E-state index contributed by atoms with van der Waals surface area (Å²) in [7, 11) is 0. The van der Waals surface area contributed by atoms with Crippen LogP contribution < -0.4 is 11.1 Å². The first-order chi connectivity index (χ1) is 9.83. The number of carboxylic acid groups (broad SMARTS) is 1. The molecule has 1 heterocycles. The monoisotopic (exact) mass is 299 g/mol. The van der Waals surface area contributed by atoms with E-state index in [-0.39, 0.29) is 24.3 Å². The van der Waals surface area contributed by atoms with Gasteiger partial charge in [0.2, 0.25) is 5.91 Å². The predicted octanol–water partition coefficient (Wildman–Crippen LogP) is 0.927. The highest BCUT2D eigenvalue weighted by molar-refractivity contribution is 5.83. The van der Waals surface area contributed by atoms with E-state index in [9.17, 15) is 14.4 Å². The molecule has 0 spiro atoms. The van der Waals surface area contributed by atoms with Crippen LogP contribution in [0.25, 0.3) is 0 Å². The Morgan fingerprint density at radius 3 is 2.38 bits per heavy atom. The molecule has 1 aliphatic rings. The molecule has 1 fully saturated rings. The summed E-state index contributed by atoms with van der Waals surface area (Å²) in [5.41, 5.74) is 5.15. The Hall–Kier alpha value is -1.79. The Morgan fingerprint density at radius 1 is 1.33 bits per heavy atom. The number of rotatable bonds is 7. The van der Waals surface area contributed by atoms with Gasteiger partial charge >= 0.3 is 12.0 Å². The van der Waals surface area contributed by atoms with E-state index in [0.717, 1.165) is 19.3 Å². The average Bonchev–Trinajstić information content (AvgIpc) is 2.88. The van der Waals surface area contributed by atoms with Crippen molar-refractivity contribution < 1.29 is 19.5 Å². The molecule has 0 aliphatic carbocycles. The molecule has 1 saturated heterocycles. The van der Waals surface area contributed by atoms with E-state index in [4.69, 9.17) is 10.8 Å². The van der Waals surface area contributed by atoms with Gasteiger partial charge in [-0.25, -0.2) is 9.59 Å². The minimum Gasteiger partial charge on any atom is -0.480 e. The molecule has 1 atom stereocenters. The Balaban J connectivity index is 2.58. The lowest BCUT2D eigenvalue weighted by Crippen LogP contribution is -2.48. The van der Waals surface area contributed by atoms with Gasteiger partial charge in [0.1, 0.15) is 6.04 Å². The van der Waals surface area contributed by atoms with E-state index < -0.39 is 17.9 Å². The second kappa shape index (κ2) is 7.28. The number of primary amides is 1. The number of carboxylic acids is 1. The molecule has 7 nitrogen and oxygen atoms in total. The lowest BCUT2D eigenvalue weighted by molar-refractivity contribution is -0.139. The fraction of sp³-hybridized carbons (Fsp3) is 0.786. The summed E-state index contributed by atoms with van der Waals surface area (Å²) >= 11 is 0. The number of nitrogens with one attached hydrogen (secondary N) is 1. The molecule has 1 rings (SSSR count). The van der Waals surface area contributed by atoms with E-state index in [1.54, 1.807) is 4.90 Å². The zero-order chi connectivity index (χ0) is 16.0. The summed E-state index contributed by atoms with van der Waals surface area (Å²) in [6, 6.07) is -1.46. The number of nitrogens with zero attached hydrogens (tertiary/aromatic N) is 1. The van der Waals surface area contributed by atoms with E-state index in [1.807, 2.05) is 0 Å². The van der Waals surface area contributed by atoms with E-state index in [1.165, 1.54) is 0 Å². The van der Waals surface area contributed by atoms with Gasteiger partial charge in [-0.1, -0.05) is 13.8 Å². The van der Waals surface area contributed by atoms with Crippen LogP contribution in [0, 0.1) is 5.41 Å². The van der Waals surface area contributed by atoms with Crippen LogP contribution in [0.1, 0.15) is 46.0 Å². The maximum atomic E-state index is 12.2. The fourth-order valence-corrected chi connectivity index (χ4v) is 2.72. The summed E-state index contributed by atoms with van der Waals surface area (Å²) in [4.78, 5) is 35.7. The van der Waals surface area contributed by atoms with Crippen LogP contribution in [0.2, 0.25) is 0 Å². The van der Waals surface area contributed by atoms with Gasteiger partial charge < -0.3 is 21.1 Å². The molecule has 0 saturated carbocycles. The number of amides is 3. The standard InChI is InChI=1S/C14H25N3O4/c1-3-14(4-2)7-8-17(9-14)13(21)16-10(12(19)20)5-6-11(15)18/h10H,3-9H2,1-2H3,(H2,15,18)(H,16,21)(H,19,20). The molecule has 0 bridgehead atoms. The van der Waals surface area contributed by atoms with Crippen molar-refractivity contribution in [3.05, 3.63) is 0 Å². The molecule has 0 aromatic heterocycles. The van der Waals surface area contributed by atoms with E-state index >= 15 is 0 Å². The van der Waals surface area contributed by atoms with Crippen LogP contribution in [0.4, 0.5) is 4.79 Å². The Kier molecular flexibility index (Phi) is 5.99. The molecule has 1 aliphatic heterocycles. The van der Waals surface area contributed by atoms with Crippen molar-refractivity contribution in [2.24, 2.45) is 11.1 Å². The third-order valence-corrected chi connectivity index (χ3v) is 4.50. The molecule has 21 heavy (non-hydrogen) atoms. The zero-order valence-corrected chi connectivity index (χ0v) is 12.7. The Bertz CT molecular complexity index is 407. The van der Waals surface area contributed by atoms with Gasteiger partial charge in [0.15, 0.2) is 0 Å². The molecule has 120 valence electrons. The highest BCUT2D eigenvalue weighted by Gasteiger charge is 2.37. The summed E-state index contributed by atoms with van der Waals surface area (Å²) in [6.45, 7) is 5.50. The third-order valence-electron chi connectivity index (χ3n) is 4.50. The summed E-state index contributed by atoms with van der Waals surface area (Å²) < 4.78 is 0. The summed E-state index contributed by atoms with van der Waals surface area (Å²) in [5, 5.41) is 11.6. The second-order valence-corrected chi connectivity index (χ2v) is 5.72. The SMILES string of the molecule is CCC1(CC)CCN(C(=O)NC(CCC(N)=O)C(=O)O)C1. The second-order valence-electron chi connectivity index (χ2n) is 5.72. The van der Waals surface area contributed by atoms with Gasteiger partial charge in [-0.2, -0.15) is 0 Å². The van der Waals surface area contributed by atoms with Crippen LogP contribution in [0.3, 0.4) is 0 Å². The van der Waals surface area contributed by atoms with Gasteiger partial charge in [-0.3, -0.25) is 4.79 Å². The quantitative estimate of drug-likeness (QED) is 0.649. The van der Waals surface area contributed by atoms with Crippen molar-refractivity contribution in [3.8, 4) is 0 Å². The number of urea groups is 1. The first-order valence-corrected chi connectivity index (χ1v) is 7.40. The average molecular weight is 299 g/mol. The summed E-state index contributed by atoms with van der Waals surface area (Å²) in [6.07, 6.45) is 2.88. The van der Waals surface area contributed by atoms with E-state index in [0.29, 0.717) is 13.1 Å². The minimum absolute atomic E-state index is 0.0109. The number of nitrogens with two attached hydrogens (primary N) is 1. The van der Waals surface area contributed by atoms with Crippen LogP contribution in [-0.2, 0) is 9.59 Å². The maximum Gasteiger partial charge on any atom is 0.326 e. The van der Waals surface area contributed by atoms with E-state index in [2.05, 4.69) is 19.2 Å². The number of hydrogen-bond donors (Lipinski definition) is 3. The number of likely N-dealkylation sites (tertiary alicyclic amines) is 1. The van der Waals surface area contributed by atoms with Crippen molar-refractivity contribution in [3.63, 3.8) is 0 Å². The molecule has 3 amide bonds. The van der Waals surface area contributed by atoms with Gasteiger partial charge in [0, 0.05) is 19.5 Å². The van der Waals surface area contributed by atoms with Crippen molar-refractivity contribution in [1.82, 2.24) is 10.2 Å². The highest BCUT2D eigenvalue weighted by atomic mass is 16.4. The van der Waals surface area contributed by atoms with Crippen molar-refractivity contribution >= 4 is 17.9 Å². The first kappa shape index (κ1) is 17.3. The topological polar surface area (TPSA) is 113 Å². The summed E-state index contributed by atoms with van der Waals surface area (Å²) in [5.74, 6) is -1.73. The van der Waals surface area contributed by atoms with Crippen molar-refractivity contribution in [2.75, 3.05) is 13.1 Å². The molecule has 0 radical (unpaired) electrons. The van der Waals surface area contributed by atoms with Gasteiger partial charge in [-0.15, -0.1) is 0 Å². The highest BCUT2D eigenvalue weighted by Crippen LogP contribution is 2.36. The minimum atomic E-state index is -1.15. The molecule has 0 aromatic rings. The molecular weight excluding hydrogens is 274 g/mol. The lowest BCUT2D eigenvalue weighted by atomic mass is 9.82. The first-order valence-electron chi connectivity index (χ1n) is 7.40. The smallest absolute Gasteiger partial charge is 0.326 e. The number of carbonyl (C=O) groups excluding carboxylic acids is 2. The van der Waals surface area contributed by atoms with Crippen molar-refractivity contribution in [1.29, 1.82) is 0 Å². The lowest BCUT2D eigenvalue weighted by Gasteiger charge is -2.27.